The second-order valence-electron chi connectivity index (χ2n) is 3.82. The van der Waals surface area contributed by atoms with Gasteiger partial charge < -0.3 is 10.3 Å². The van der Waals surface area contributed by atoms with E-state index in [9.17, 15) is 9.59 Å². The van der Waals surface area contributed by atoms with Crippen LogP contribution in [0.3, 0.4) is 0 Å². The fourth-order valence-corrected chi connectivity index (χ4v) is 1.49. The lowest BCUT2D eigenvalue weighted by Gasteiger charge is -2.12. The number of H-pyrrole nitrogens is 1. The molecule has 4 heteroatoms. The fraction of sp³-hybridized carbons (Fsp3) is 0.500. The van der Waals surface area contributed by atoms with Crippen LogP contribution in [0.1, 0.15) is 37.2 Å². The van der Waals surface area contributed by atoms with E-state index in [1.54, 1.807) is 12.1 Å². The largest absolute Gasteiger partial charge is 0.350 e. The average Bonchev–Trinajstić information content (AvgIpc) is 2.30. The zero-order valence-electron chi connectivity index (χ0n) is 9.75. The number of aromatic amines is 1. The van der Waals surface area contributed by atoms with E-state index in [1.807, 2.05) is 0 Å². The second-order valence-corrected chi connectivity index (χ2v) is 3.82. The van der Waals surface area contributed by atoms with Gasteiger partial charge in [0.1, 0.15) is 5.69 Å². The van der Waals surface area contributed by atoms with Crippen molar-refractivity contribution in [3.05, 3.63) is 34.2 Å². The van der Waals surface area contributed by atoms with Gasteiger partial charge in [0.15, 0.2) is 0 Å². The van der Waals surface area contributed by atoms with E-state index in [-0.39, 0.29) is 11.5 Å². The summed E-state index contributed by atoms with van der Waals surface area (Å²) in [6.45, 7) is 4.86. The highest BCUT2D eigenvalue weighted by atomic mass is 16.2. The summed E-state index contributed by atoms with van der Waals surface area (Å²) in [6.07, 6.45) is 2.09. The van der Waals surface area contributed by atoms with Crippen molar-refractivity contribution < 1.29 is 4.79 Å². The van der Waals surface area contributed by atoms with E-state index in [0.29, 0.717) is 18.2 Å². The Kier molecular flexibility index (Phi) is 4.76. The first-order valence-corrected chi connectivity index (χ1v) is 5.64. The average molecular weight is 222 g/mol. The molecule has 0 bridgehead atoms. The molecule has 0 aliphatic rings. The van der Waals surface area contributed by atoms with Crippen LogP contribution in [0.25, 0.3) is 0 Å². The first kappa shape index (κ1) is 12.5. The predicted octanol–water partition coefficient (Wildman–Crippen LogP) is 1.54. The van der Waals surface area contributed by atoms with Crippen molar-refractivity contribution >= 4 is 5.91 Å². The third-order valence-corrected chi connectivity index (χ3v) is 2.72. The lowest BCUT2D eigenvalue weighted by Crippen LogP contribution is -2.30. The van der Waals surface area contributed by atoms with E-state index in [1.165, 1.54) is 6.07 Å². The third kappa shape index (κ3) is 3.53. The van der Waals surface area contributed by atoms with E-state index >= 15 is 0 Å². The minimum Gasteiger partial charge on any atom is -0.350 e. The van der Waals surface area contributed by atoms with Crippen molar-refractivity contribution in [3.8, 4) is 0 Å². The van der Waals surface area contributed by atoms with Gasteiger partial charge in [0, 0.05) is 12.6 Å². The summed E-state index contributed by atoms with van der Waals surface area (Å²) in [4.78, 5) is 25.2. The van der Waals surface area contributed by atoms with Gasteiger partial charge in [0.25, 0.3) is 5.91 Å². The minimum atomic E-state index is -0.254. The number of rotatable bonds is 5. The lowest BCUT2D eigenvalue weighted by atomic mass is 10.0. The summed E-state index contributed by atoms with van der Waals surface area (Å²) in [5.74, 6) is 0.281. The number of pyridine rings is 1. The summed E-state index contributed by atoms with van der Waals surface area (Å²) in [5.41, 5.74) is 0.0636. The first-order valence-electron chi connectivity index (χ1n) is 5.64. The maximum atomic E-state index is 11.7. The number of carbonyl (C=O) groups is 1. The number of aromatic nitrogens is 1. The Balaban J connectivity index is 2.56. The third-order valence-electron chi connectivity index (χ3n) is 2.72. The van der Waals surface area contributed by atoms with Gasteiger partial charge >= 0.3 is 0 Å². The first-order chi connectivity index (χ1) is 7.67. The molecule has 1 aromatic heterocycles. The van der Waals surface area contributed by atoms with Crippen molar-refractivity contribution in [1.29, 1.82) is 0 Å². The molecule has 1 amide bonds. The standard InChI is InChI=1S/C12H18N2O2/c1-3-9(4-2)8-13-12(16)10-6-5-7-11(15)14-10/h5-7,9H,3-4,8H2,1-2H3,(H,13,16)(H,14,15). The van der Waals surface area contributed by atoms with Gasteiger partial charge in [0.2, 0.25) is 5.56 Å². The van der Waals surface area contributed by atoms with Crippen LogP contribution in [0, 0.1) is 5.92 Å². The molecule has 0 unspecified atom stereocenters. The van der Waals surface area contributed by atoms with Gasteiger partial charge in [-0.2, -0.15) is 0 Å². The molecule has 2 N–H and O–H groups in total. The number of carbonyl (C=O) groups excluding carboxylic acids is 1. The summed E-state index contributed by atoms with van der Waals surface area (Å²) in [6, 6.07) is 4.56. The van der Waals surface area contributed by atoms with Crippen LogP contribution < -0.4 is 10.9 Å². The summed E-state index contributed by atoms with van der Waals surface area (Å²) < 4.78 is 0. The van der Waals surface area contributed by atoms with Gasteiger partial charge in [-0.3, -0.25) is 9.59 Å². The molecule has 0 radical (unpaired) electrons. The highest BCUT2D eigenvalue weighted by Crippen LogP contribution is 2.05. The lowest BCUT2D eigenvalue weighted by molar-refractivity contribution is 0.0941. The summed E-state index contributed by atoms with van der Waals surface area (Å²) >= 11 is 0. The van der Waals surface area contributed by atoms with Crippen molar-refractivity contribution in [2.45, 2.75) is 26.7 Å². The summed E-state index contributed by atoms with van der Waals surface area (Å²) in [5, 5.41) is 2.82. The van der Waals surface area contributed by atoms with E-state index in [4.69, 9.17) is 0 Å². The molecule has 0 fully saturated rings. The Bertz CT molecular complexity index is 394. The highest BCUT2D eigenvalue weighted by Gasteiger charge is 2.08. The molecule has 4 nitrogen and oxygen atoms in total. The van der Waals surface area contributed by atoms with Gasteiger partial charge in [-0.1, -0.05) is 32.8 Å². The minimum absolute atomic E-state index is 0.218. The van der Waals surface area contributed by atoms with Gasteiger partial charge in [-0.25, -0.2) is 0 Å². The monoisotopic (exact) mass is 222 g/mol. The molecule has 0 atom stereocenters. The molecule has 0 saturated carbocycles. The normalized spacial score (nSPS) is 10.4. The SMILES string of the molecule is CCC(CC)CNC(=O)c1cccc(=O)[nH]1. The van der Waals surface area contributed by atoms with Crippen LogP contribution in [-0.2, 0) is 0 Å². The van der Waals surface area contributed by atoms with Crippen LogP contribution in [-0.4, -0.2) is 17.4 Å². The quantitative estimate of drug-likeness (QED) is 0.793. The van der Waals surface area contributed by atoms with Crippen LogP contribution in [0.2, 0.25) is 0 Å². The Morgan fingerprint density at radius 2 is 2.06 bits per heavy atom. The van der Waals surface area contributed by atoms with Crippen molar-refractivity contribution in [2.75, 3.05) is 6.54 Å². The number of hydrogen-bond acceptors (Lipinski definition) is 2. The highest BCUT2D eigenvalue weighted by molar-refractivity contribution is 5.92. The number of amides is 1. The molecule has 0 saturated heterocycles. The maximum absolute atomic E-state index is 11.7. The van der Waals surface area contributed by atoms with Gasteiger partial charge in [0.05, 0.1) is 0 Å². The maximum Gasteiger partial charge on any atom is 0.267 e. The number of nitrogens with one attached hydrogen (secondary N) is 2. The molecule has 16 heavy (non-hydrogen) atoms. The molecule has 0 aliphatic carbocycles. The van der Waals surface area contributed by atoms with Crippen LogP contribution >= 0.6 is 0 Å². The fourth-order valence-electron chi connectivity index (χ4n) is 1.49. The van der Waals surface area contributed by atoms with Crippen molar-refractivity contribution in [1.82, 2.24) is 10.3 Å². The van der Waals surface area contributed by atoms with E-state index in [0.717, 1.165) is 12.8 Å². The zero-order chi connectivity index (χ0) is 12.0. The smallest absolute Gasteiger partial charge is 0.267 e. The van der Waals surface area contributed by atoms with Gasteiger partial charge in [-0.15, -0.1) is 0 Å². The van der Waals surface area contributed by atoms with Crippen LogP contribution in [0.4, 0.5) is 0 Å². The molecule has 1 aromatic rings. The van der Waals surface area contributed by atoms with Crippen molar-refractivity contribution in [2.24, 2.45) is 5.92 Å². The summed E-state index contributed by atoms with van der Waals surface area (Å²) in [7, 11) is 0. The Morgan fingerprint density at radius 3 is 2.62 bits per heavy atom. The van der Waals surface area contributed by atoms with E-state index in [2.05, 4.69) is 24.1 Å². The molecule has 0 spiro atoms. The Morgan fingerprint density at radius 1 is 1.38 bits per heavy atom. The number of hydrogen-bond donors (Lipinski definition) is 2. The van der Waals surface area contributed by atoms with Crippen LogP contribution in [0.15, 0.2) is 23.0 Å². The molecule has 1 rings (SSSR count). The topological polar surface area (TPSA) is 62.0 Å². The predicted molar refractivity (Wildman–Crippen MR) is 63.5 cm³/mol. The molecular formula is C12H18N2O2. The molecular weight excluding hydrogens is 204 g/mol. The van der Waals surface area contributed by atoms with Crippen molar-refractivity contribution in [3.63, 3.8) is 0 Å². The van der Waals surface area contributed by atoms with E-state index < -0.39 is 0 Å². The molecule has 0 aromatic carbocycles. The Hall–Kier alpha value is -1.58. The molecule has 88 valence electrons. The Labute approximate surface area is 95.1 Å². The second kappa shape index (κ2) is 6.10. The molecule has 0 aliphatic heterocycles. The zero-order valence-corrected chi connectivity index (χ0v) is 9.75. The molecule has 1 heterocycles. The van der Waals surface area contributed by atoms with Crippen LogP contribution in [0.5, 0.6) is 0 Å². The van der Waals surface area contributed by atoms with Gasteiger partial charge in [-0.05, 0) is 12.0 Å².